The van der Waals surface area contributed by atoms with Gasteiger partial charge >= 0.3 is 5.69 Å². The Balaban J connectivity index is 2.48. The number of para-hydroxylation sites is 1. The molecule has 0 saturated heterocycles. The first-order valence-corrected chi connectivity index (χ1v) is 5.23. The second-order valence-electron chi connectivity index (χ2n) is 3.16. The van der Waals surface area contributed by atoms with Crippen LogP contribution in [0.15, 0.2) is 35.4 Å². The molecule has 6 nitrogen and oxygen atoms in total. The number of halogens is 1. The van der Waals surface area contributed by atoms with E-state index in [1.165, 1.54) is 10.9 Å². The highest BCUT2D eigenvalue weighted by Gasteiger charge is 2.06. The quantitative estimate of drug-likeness (QED) is 0.791. The SMILES string of the molecule is CNNc1ncn(-c2ccccc2Cl)c(=O)n1. The fourth-order valence-electron chi connectivity index (χ4n) is 1.32. The van der Waals surface area contributed by atoms with Gasteiger partial charge in [0.15, 0.2) is 0 Å². The third-order valence-electron chi connectivity index (χ3n) is 2.05. The van der Waals surface area contributed by atoms with Gasteiger partial charge in [0.25, 0.3) is 0 Å². The van der Waals surface area contributed by atoms with E-state index in [0.717, 1.165) is 0 Å². The van der Waals surface area contributed by atoms with Crippen molar-refractivity contribution in [3.05, 3.63) is 46.1 Å². The highest BCUT2D eigenvalue weighted by Crippen LogP contribution is 2.17. The summed E-state index contributed by atoms with van der Waals surface area (Å²) >= 11 is 5.99. The lowest BCUT2D eigenvalue weighted by atomic mass is 10.3. The molecule has 17 heavy (non-hydrogen) atoms. The predicted molar refractivity (Wildman–Crippen MR) is 65.3 cm³/mol. The molecule has 1 aromatic heterocycles. The van der Waals surface area contributed by atoms with E-state index in [0.29, 0.717) is 10.7 Å². The van der Waals surface area contributed by atoms with Crippen molar-refractivity contribution in [3.63, 3.8) is 0 Å². The number of hydrogen-bond acceptors (Lipinski definition) is 5. The average molecular weight is 252 g/mol. The average Bonchev–Trinajstić information content (AvgIpc) is 2.31. The molecule has 0 aliphatic carbocycles. The summed E-state index contributed by atoms with van der Waals surface area (Å²) in [5, 5.41) is 0.465. The summed E-state index contributed by atoms with van der Waals surface area (Å²) in [6.45, 7) is 0. The number of aromatic nitrogens is 3. The van der Waals surface area contributed by atoms with E-state index in [1.807, 2.05) is 0 Å². The van der Waals surface area contributed by atoms with E-state index >= 15 is 0 Å². The molecule has 2 aromatic rings. The van der Waals surface area contributed by atoms with Gasteiger partial charge in [0, 0.05) is 7.05 Å². The normalized spacial score (nSPS) is 10.2. The van der Waals surface area contributed by atoms with Crippen molar-refractivity contribution < 1.29 is 0 Å². The standard InChI is InChI=1S/C10H10ClN5O/c1-12-15-9-13-6-16(10(17)14-9)8-5-3-2-4-7(8)11/h2-6,12H,1H3,(H,14,15,17). The van der Waals surface area contributed by atoms with Crippen LogP contribution in [0.3, 0.4) is 0 Å². The van der Waals surface area contributed by atoms with Crippen molar-refractivity contribution in [2.24, 2.45) is 0 Å². The van der Waals surface area contributed by atoms with Crippen LogP contribution in [0.5, 0.6) is 0 Å². The molecule has 2 rings (SSSR count). The van der Waals surface area contributed by atoms with Gasteiger partial charge in [0.2, 0.25) is 5.95 Å². The second kappa shape index (κ2) is 4.94. The fourth-order valence-corrected chi connectivity index (χ4v) is 1.55. The maximum absolute atomic E-state index is 11.8. The van der Waals surface area contributed by atoms with Gasteiger partial charge in [-0.1, -0.05) is 23.7 Å². The number of anilines is 1. The largest absolute Gasteiger partial charge is 0.356 e. The number of hydrazine groups is 1. The Morgan fingerprint density at radius 3 is 2.76 bits per heavy atom. The Labute approximate surface area is 102 Å². The van der Waals surface area contributed by atoms with E-state index in [1.54, 1.807) is 31.3 Å². The molecule has 0 saturated carbocycles. The number of rotatable bonds is 3. The first-order chi connectivity index (χ1) is 8.22. The molecule has 7 heteroatoms. The third kappa shape index (κ3) is 2.43. The maximum atomic E-state index is 11.8. The van der Waals surface area contributed by atoms with Crippen LogP contribution in [0, 0.1) is 0 Å². The Bertz CT molecular complexity index is 583. The minimum absolute atomic E-state index is 0.209. The maximum Gasteiger partial charge on any atom is 0.356 e. The zero-order valence-corrected chi connectivity index (χ0v) is 9.77. The van der Waals surface area contributed by atoms with Crippen molar-refractivity contribution in [1.82, 2.24) is 20.0 Å². The highest BCUT2D eigenvalue weighted by molar-refractivity contribution is 6.32. The minimum atomic E-state index is -0.453. The monoisotopic (exact) mass is 251 g/mol. The van der Waals surface area contributed by atoms with E-state index in [-0.39, 0.29) is 5.95 Å². The topological polar surface area (TPSA) is 71.8 Å². The van der Waals surface area contributed by atoms with Crippen LogP contribution in [0.2, 0.25) is 5.02 Å². The number of nitrogens with zero attached hydrogens (tertiary/aromatic N) is 3. The van der Waals surface area contributed by atoms with Gasteiger partial charge < -0.3 is 0 Å². The Hall–Kier alpha value is -1.92. The summed E-state index contributed by atoms with van der Waals surface area (Å²) < 4.78 is 1.28. The smallest absolute Gasteiger partial charge is 0.290 e. The van der Waals surface area contributed by atoms with Crippen molar-refractivity contribution in [2.75, 3.05) is 12.5 Å². The zero-order valence-electron chi connectivity index (χ0n) is 9.01. The van der Waals surface area contributed by atoms with Crippen LogP contribution in [0.1, 0.15) is 0 Å². The van der Waals surface area contributed by atoms with Crippen molar-refractivity contribution >= 4 is 17.5 Å². The summed E-state index contributed by atoms with van der Waals surface area (Å²) in [5.41, 5.74) is 5.35. The van der Waals surface area contributed by atoms with E-state index in [9.17, 15) is 4.79 Å². The number of nitrogens with one attached hydrogen (secondary N) is 2. The molecule has 1 aromatic carbocycles. The van der Waals surface area contributed by atoms with Gasteiger partial charge in [0.1, 0.15) is 6.33 Å². The molecule has 0 atom stereocenters. The fraction of sp³-hybridized carbons (Fsp3) is 0.100. The summed E-state index contributed by atoms with van der Waals surface area (Å²) in [4.78, 5) is 19.5. The van der Waals surface area contributed by atoms with Gasteiger partial charge in [-0.05, 0) is 12.1 Å². The minimum Gasteiger partial charge on any atom is -0.290 e. The van der Waals surface area contributed by atoms with Gasteiger partial charge in [-0.3, -0.25) is 5.43 Å². The Morgan fingerprint density at radius 2 is 2.12 bits per heavy atom. The molecule has 0 aliphatic rings. The van der Waals surface area contributed by atoms with Crippen LogP contribution >= 0.6 is 11.6 Å². The van der Waals surface area contributed by atoms with Crippen LogP contribution in [0.4, 0.5) is 5.95 Å². The molecular formula is C10H10ClN5O. The van der Waals surface area contributed by atoms with E-state index in [2.05, 4.69) is 20.8 Å². The second-order valence-corrected chi connectivity index (χ2v) is 3.57. The summed E-state index contributed by atoms with van der Waals surface area (Å²) in [7, 11) is 1.66. The molecule has 1 heterocycles. The highest BCUT2D eigenvalue weighted by atomic mass is 35.5. The van der Waals surface area contributed by atoms with Gasteiger partial charge in [0.05, 0.1) is 10.7 Å². The van der Waals surface area contributed by atoms with Crippen LogP contribution in [-0.2, 0) is 0 Å². The first-order valence-electron chi connectivity index (χ1n) is 4.85. The number of hydrogen-bond donors (Lipinski definition) is 2. The molecule has 0 bridgehead atoms. The van der Waals surface area contributed by atoms with Gasteiger partial charge in [-0.15, -0.1) is 0 Å². The van der Waals surface area contributed by atoms with Crippen molar-refractivity contribution in [2.45, 2.75) is 0 Å². The van der Waals surface area contributed by atoms with Gasteiger partial charge in [-0.2, -0.15) is 4.98 Å². The molecule has 0 aliphatic heterocycles. The molecule has 0 amide bonds. The molecule has 2 N–H and O–H groups in total. The summed E-state index contributed by atoms with van der Waals surface area (Å²) in [6.07, 6.45) is 1.37. The Kier molecular flexibility index (Phi) is 3.36. The van der Waals surface area contributed by atoms with Crippen LogP contribution in [0.25, 0.3) is 5.69 Å². The van der Waals surface area contributed by atoms with Crippen LogP contribution < -0.4 is 16.5 Å². The lowest BCUT2D eigenvalue weighted by Crippen LogP contribution is -2.26. The molecule has 0 unspecified atom stereocenters. The Morgan fingerprint density at radius 1 is 1.35 bits per heavy atom. The zero-order chi connectivity index (χ0) is 12.3. The van der Waals surface area contributed by atoms with E-state index in [4.69, 9.17) is 11.6 Å². The molecule has 0 fully saturated rings. The molecular weight excluding hydrogens is 242 g/mol. The van der Waals surface area contributed by atoms with E-state index < -0.39 is 5.69 Å². The molecule has 0 spiro atoms. The summed E-state index contributed by atoms with van der Waals surface area (Å²) in [5.74, 6) is 0.209. The number of benzene rings is 1. The lowest BCUT2D eigenvalue weighted by Gasteiger charge is -2.07. The van der Waals surface area contributed by atoms with Crippen molar-refractivity contribution in [1.29, 1.82) is 0 Å². The lowest BCUT2D eigenvalue weighted by molar-refractivity contribution is 0.836. The summed E-state index contributed by atoms with van der Waals surface area (Å²) in [6, 6.07) is 6.99. The molecule has 0 radical (unpaired) electrons. The predicted octanol–water partition coefficient (Wildman–Crippen LogP) is 0.827. The van der Waals surface area contributed by atoms with Crippen LogP contribution in [-0.4, -0.2) is 21.6 Å². The first kappa shape index (κ1) is 11.6. The van der Waals surface area contributed by atoms with Gasteiger partial charge in [-0.25, -0.2) is 19.8 Å². The third-order valence-corrected chi connectivity index (χ3v) is 2.37. The van der Waals surface area contributed by atoms with Crippen molar-refractivity contribution in [3.8, 4) is 5.69 Å². The molecule has 88 valence electrons.